The zero-order valence-corrected chi connectivity index (χ0v) is 44.0. The van der Waals surface area contributed by atoms with Crippen LogP contribution in [0.25, 0.3) is 0 Å². The first-order valence-corrected chi connectivity index (χ1v) is 27.8. The van der Waals surface area contributed by atoms with Crippen molar-refractivity contribution in [2.45, 2.75) is 186 Å². The highest BCUT2D eigenvalue weighted by Crippen LogP contribution is 2.43. The first-order valence-electron chi connectivity index (χ1n) is 25.5. The lowest BCUT2D eigenvalue weighted by atomic mass is 10.0. The molecule has 2 aromatic carbocycles. The van der Waals surface area contributed by atoms with Crippen molar-refractivity contribution in [3.8, 4) is 0 Å². The number of rotatable bonds is 42. The molecule has 382 valence electrons. The van der Waals surface area contributed by atoms with Gasteiger partial charge < -0.3 is 29.5 Å². The van der Waals surface area contributed by atoms with Crippen molar-refractivity contribution in [2.24, 2.45) is 0 Å². The van der Waals surface area contributed by atoms with Crippen LogP contribution >= 0.6 is 31.0 Å². The van der Waals surface area contributed by atoms with E-state index in [0.29, 0.717) is 39.7 Å². The molecule has 0 radical (unpaired) electrons. The number of phosphoric ester groups is 1. The highest BCUT2D eigenvalue weighted by Gasteiger charge is 2.27. The lowest BCUT2D eigenvalue weighted by Crippen LogP contribution is -2.37. The molecule has 0 aliphatic rings. The molecule has 1 amide bonds. The number of unbranched alkanes of at least 4 members (excludes halogenated alkanes) is 22. The Kier molecular flexibility index (Phi) is 33.5. The Hall–Kier alpha value is -2.70. The molecule has 2 rings (SSSR count). The first kappa shape index (κ1) is 60.4. The van der Waals surface area contributed by atoms with E-state index < -0.39 is 32.5 Å². The monoisotopic (exact) mass is 999 g/mol. The van der Waals surface area contributed by atoms with Gasteiger partial charge in [-0.1, -0.05) is 189 Å². The van der Waals surface area contributed by atoms with Gasteiger partial charge in [0.15, 0.2) is 6.10 Å². The van der Waals surface area contributed by atoms with Gasteiger partial charge in [0.25, 0.3) is 0 Å². The number of carbonyl (C=O) groups excluding carboxylic acids is 3. The second-order valence-corrected chi connectivity index (χ2v) is 21.2. The number of phosphoric acid groups is 1. The van der Waals surface area contributed by atoms with E-state index in [0.717, 1.165) is 81.9 Å². The number of halogens is 2. The predicted molar refractivity (Wildman–Crippen MR) is 274 cm³/mol. The minimum Gasteiger partial charge on any atom is -0.462 e. The first-order chi connectivity index (χ1) is 32.2. The third kappa shape index (κ3) is 32.7. The maximum Gasteiger partial charge on any atom is 0.472 e. The summed E-state index contributed by atoms with van der Waals surface area (Å²) < 4.78 is 34.4. The van der Waals surface area contributed by atoms with Crippen LogP contribution in [0.5, 0.6) is 0 Å². The summed E-state index contributed by atoms with van der Waals surface area (Å²) in [5, 5.41) is 7.33. The summed E-state index contributed by atoms with van der Waals surface area (Å²) in [7, 11) is 1.40. The second kappa shape index (κ2) is 37.2. The Morgan fingerprint density at radius 1 is 0.642 bits per heavy atom. The molecule has 3 N–H and O–H groups in total. The van der Waals surface area contributed by atoms with Crippen LogP contribution in [0.1, 0.15) is 179 Å². The molecule has 15 heteroatoms. The van der Waals surface area contributed by atoms with E-state index in [2.05, 4.69) is 17.6 Å². The van der Waals surface area contributed by atoms with E-state index in [1.165, 1.54) is 77.0 Å². The number of nitrogens with zero attached hydrogens (tertiary/aromatic N) is 1. The second-order valence-electron chi connectivity index (χ2n) is 18.9. The number of hydrogen-bond donors (Lipinski definition) is 3. The third-order valence-electron chi connectivity index (χ3n) is 11.6. The molecule has 0 spiro atoms. The number of likely N-dealkylation sites (N-methyl/N-ethyl adjacent to an activating group) is 1. The van der Waals surface area contributed by atoms with E-state index in [-0.39, 0.29) is 38.4 Å². The molecule has 0 aliphatic heterocycles. The van der Waals surface area contributed by atoms with E-state index in [1.54, 1.807) is 18.2 Å². The smallest absolute Gasteiger partial charge is 0.462 e. The van der Waals surface area contributed by atoms with E-state index in [1.807, 2.05) is 45.4 Å². The molecule has 0 heterocycles. The van der Waals surface area contributed by atoms with Crippen molar-refractivity contribution in [1.82, 2.24) is 5.32 Å². The molecular formula is C52H87Cl2N3O9P+. The maximum atomic E-state index is 12.8. The van der Waals surface area contributed by atoms with Gasteiger partial charge in [0.2, 0.25) is 5.91 Å². The number of nitrogens with one attached hydrogen (secondary N) is 2. The van der Waals surface area contributed by atoms with Crippen LogP contribution in [-0.2, 0) is 43.9 Å². The van der Waals surface area contributed by atoms with Crippen molar-refractivity contribution in [3.63, 3.8) is 0 Å². The molecule has 0 fully saturated rings. The fourth-order valence-corrected chi connectivity index (χ4v) is 8.78. The van der Waals surface area contributed by atoms with Crippen molar-refractivity contribution in [2.75, 3.05) is 59.4 Å². The molecule has 1 unspecified atom stereocenters. The van der Waals surface area contributed by atoms with Gasteiger partial charge in [0.1, 0.15) is 19.8 Å². The lowest BCUT2D eigenvalue weighted by molar-refractivity contribution is -0.870. The van der Waals surface area contributed by atoms with Gasteiger partial charge in [0, 0.05) is 25.1 Å². The molecule has 0 aromatic heterocycles. The number of esters is 2. The van der Waals surface area contributed by atoms with Gasteiger partial charge in [0.05, 0.1) is 49.9 Å². The molecule has 12 nitrogen and oxygen atoms in total. The fraction of sp³-hybridized carbons (Fsp3) is 0.712. The minimum atomic E-state index is -4.41. The Balaban J connectivity index is 1.59. The summed E-state index contributed by atoms with van der Waals surface area (Å²) in [5.41, 5.74) is 2.25. The van der Waals surface area contributed by atoms with Crippen molar-refractivity contribution in [3.05, 3.63) is 58.1 Å². The average Bonchev–Trinajstić information content (AvgIpc) is 3.27. The number of benzene rings is 2. The average molecular weight is 1000 g/mol. The van der Waals surface area contributed by atoms with Gasteiger partial charge in [-0.05, 0) is 43.0 Å². The Labute approximate surface area is 414 Å². The van der Waals surface area contributed by atoms with Gasteiger partial charge in [-0.2, -0.15) is 0 Å². The molecule has 0 aliphatic carbocycles. The summed E-state index contributed by atoms with van der Waals surface area (Å²) in [4.78, 5) is 48.4. The number of hydrogen-bond acceptors (Lipinski definition) is 9. The van der Waals surface area contributed by atoms with Gasteiger partial charge in [-0.25, -0.2) is 4.57 Å². The van der Waals surface area contributed by atoms with E-state index in [4.69, 9.17) is 41.7 Å². The maximum absolute atomic E-state index is 12.8. The largest absolute Gasteiger partial charge is 0.472 e. The van der Waals surface area contributed by atoms with E-state index >= 15 is 0 Å². The van der Waals surface area contributed by atoms with Crippen LogP contribution in [-0.4, -0.2) is 87.4 Å². The van der Waals surface area contributed by atoms with Gasteiger partial charge >= 0.3 is 19.8 Å². The van der Waals surface area contributed by atoms with Crippen LogP contribution < -0.4 is 10.6 Å². The molecule has 0 saturated carbocycles. The summed E-state index contributed by atoms with van der Waals surface area (Å²) in [6, 6.07) is 12.9. The number of anilines is 2. The van der Waals surface area contributed by atoms with Crippen LogP contribution in [0, 0.1) is 0 Å². The number of para-hydroxylation sites is 2. The Bertz CT molecular complexity index is 1680. The number of quaternary nitrogens is 1. The number of ether oxygens (including phenoxy) is 2. The van der Waals surface area contributed by atoms with Crippen LogP contribution in [0.2, 0.25) is 10.0 Å². The zero-order chi connectivity index (χ0) is 49.0. The zero-order valence-electron chi connectivity index (χ0n) is 41.6. The van der Waals surface area contributed by atoms with Crippen LogP contribution in [0.3, 0.4) is 0 Å². The molecular weight excluding hydrogens is 912 g/mol. The molecule has 67 heavy (non-hydrogen) atoms. The van der Waals surface area contributed by atoms with Crippen LogP contribution in [0.15, 0.2) is 42.5 Å². The Morgan fingerprint density at radius 2 is 1.13 bits per heavy atom. The standard InChI is InChI=1S/C52H86Cl2N3O9P/c1-5-6-7-8-9-10-11-12-13-14-15-17-20-23-26-36-50(59)63-42-45(43-65-67(61,62)64-40-39-57(2,3)4)66-51(60)37-27-24-21-18-16-19-22-25-30-38-55-49(58)41-44-32-28-29-35-48(44)56-52-46(53)33-31-34-47(52)54/h28-29,31-35,45,56H,5-27,30,36-43H2,1-4H3,(H-,55,58,61,62)/p+1/t45-/m1/s1. The quantitative estimate of drug-likeness (QED) is 0.0254. The normalized spacial score (nSPS) is 12.9. The lowest BCUT2D eigenvalue weighted by Gasteiger charge is -2.24. The van der Waals surface area contributed by atoms with Crippen molar-refractivity contribution < 1.29 is 46.8 Å². The summed E-state index contributed by atoms with van der Waals surface area (Å²) in [5.74, 6) is -0.901. The highest BCUT2D eigenvalue weighted by molar-refractivity contribution is 7.47. The van der Waals surface area contributed by atoms with Crippen molar-refractivity contribution >= 4 is 60.2 Å². The minimum absolute atomic E-state index is 0.00878. The van der Waals surface area contributed by atoms with Crippen LogP contribution in [0.4, 0.5) is 11.4 Å². The third-order valence-corrected chi connectivity index (χ3v) is 13.2. The summed E-state index contributed by atoms with van der Waals surface area (Å²) in [6.07, 6.45) is 27.0. The summed E-state index contributed by atoms with van der Waals surface area (Å²) in [6.45, 7) is 2.68. The molecule has 0 saturated heterocycles. The molecule has 0 bridgehead atoms. The fourth-order valence-electron chi connectivity index (χ4n) is 7.55. The van der Waals surface area contributed by atoms with Crippen molar-refractivity contribution in [1.29, 1.82) is 0 Å². The molecule has 2 aromatic rings. The number of carbonyl (C=O) groups is 3. The highest BCUT2D eigenvalue weighted by atomic mass is 35.5. The predicted octanol–water partition coefficient (Wildman–Crippen LogP) is 13.9. The molecule has 2 atom stereocenters. The SMILES string of the molecule is CCCCCCCCCCCCCCCCCC(=O)OC[C@H](COP(=O)(O)OCC[N+](C)(C)C)OC(=O)CCCCCCCCCCCNC(=O)Cc1ccccc1Nc1c(Cl)cccc1Cl. The van der Waals surface area contributed by atoms with Gasteiger partial charge in [-0.15, -0.1) is 0 Å². The summed E-state index contributed by atoms with van der Waals surface area (Å²) >= 11 is 12.7. The number of amides is 1. The topological polar surface area (TPSA) is 149 Å². The van der Waals surface area contributed by atoms with Gasteiger partial charge in [-0.3, -0.25) is 23.4 Å². The Morgan fingerprint density at radius 3 is 1.67 bits per heavy atom. The van der Waals surface area contributed by atoms with E-state index in [9.17, 15) is 23.8 Å².